The van der Waals surface area contributed by atoms with Gasteiger partial charge in [-0.15, -0.1) is 11.3 Å². The van der Waals surface area contributed by atoms with E-state index in [0.29, 0.717) is 6.04 Å². The van der Waals surface area contributed by atoms with Crippen molar-refractivity contribution in [2.24, 2.45) is 7.05 Å². The monoisotopic (exact) mass is 269 g/mol. The molecule has 5 heteroatoms. The van der Waals surface area contributed by atoms with E-state index >= 15 is 0 Å². The largest absolute Gasteiger partial charge is 0.310 e. The first-order valence-corrected chi connectivity index (χ1v) is 6.87. The molecule has 1 unspecified atom stereocenters. The van der Waals surface area contributed by atoms with E-state index < -0.39 is 0 Å². The Bertz CT molecular complexity index is 478. The second-order valence-corrected chi connectivity index (χ2v) is 5.60. The van der Waals surface area contributed by atoms with Crippen LogP contribution in [0.4, 0.5) is 0 Å². The Morgan fingerprint density at radius 3 is 3.00 bits per heavy atom. The molecule has 0 saturated carbocycles. The van der Waals surface area contributed by atoms with Crippen molar-refractivity contribution in [2.75, 3.05) is 6.54 Å². The fraction of sp³-hybridized carbons (Fsp3) is 0.417. The van der Waals surface area contributed by atoms with Gasteiger partial charge >= 0.3 is 0 Å². The SMILES string of the molecule is CC(NCCc1ccnn1C)c1csc(Cl)c1. The van der Waals surface area contributed by atoms with E-state index in [0.717, 1.165) is 17.3 Å². The van der Waals surface area contributed by atoms with Crippen LogP contribution in [0.2, 0.25) is 4.34 Å². The normalized spacial score (nSPS) is 12.9. The van der Waals surface area contributed by atoms with Crippen LogP contribution in [0.25, 0.3) is 0 Å². The summed E-state index contributed by atoms with van der Waals surface area (Å²) in [4.78, 5) is 0. The number of aromatic nitrogens is 2. The maximum atomic E-state index is 5.92. The summed E-state index contributed by atoms with van der Waals surface area (Å²) in [5.74, 6) is 0. The van der Waals surface area contributed by atoms with Gasteiger partial charge < -0.3 is 5.32 Å². The number of hydrogen-bond acceptors (Lipinski definition) is 3. The van der Waals surface area contributed by atoms with Gasteiger partial charge in [-0.05, 0) is 30.0 Å². The quantitative estimate of drug-likeness (QED) is 0.904. The second-order valence-electron chi connectivity index (χ2n) is 4.06. The predicted octanol–water partition coefficient (Wildman–Crippen LogP) is 3.03. The fourth-order valence-electron chi connectivity index (χ4n) is 1.73. The molecule has 0 fully saturated rings. The van der Waals surface area contributed by atoms with E-state index in [1.54, 1.807) is 11.3 Å². The third-order valence-corrected chi connectivity index (χ3v) is 3.95. The van der Waals surface area contributed by atoms with E-state index in [9.17, 15) is 0 Å². The Hall–Kier alpha value is -0.840. The highest BCUT2D eigenvalue weighted by molar-refractivity contribution is 7.14. The molecule has 2 aromatic rings. The molecule has 2 aromatic heterocycles. The minimum absolute atomic E-state index is 0.340. The topological polar surface area (TPSA) is 29.9 Å². The van der Waals surface area contributed by atoms with Crippen molar-refractivity contribution in [3.8, 4) is 0 Å². The molecular weight excluding hydrogens is 254 g/mol. The minimum Gasteiger partial charge on any atom is -0.310 e. The fourth-order valence-corrected chi connectivity index (χ4v) is 2.72. The number of nitrogens with one attached hydrogen (secondary N) is 1. The van der Waals surface area contributed by atoms with Crippen LogP contribution in [0.3, 0.4) is 0 Å². The van der Waals surface area contributed by atoms with Crippen LogP contribution in [0.5, 0.6) is 0 Å². The van der Waals surface area contributed by atoms with Crippen LogP contribution in [-0.4, -0.2) is 16.3 Å². The van der Waals surface area contributed by atoms with E-state index in [4.69, 9.17) is 11.6 Å². The van der Waals surface area contributed by atoms with E-state index in [1.807, 2.05) is 30.1 Å². The van der Waals surface area contributed by atoms with Gasteiger partial charge in [-0.2, -0.15) is 5.10 Å². The predicted molar refractivity (Wildman–Crippen MR) is 72.7 cm³/mol. The lowest BCUT2D eigenvalue weighted by Gasteiger charge is -2.12. The first-order chi connectivity index (χ1) is 8.16. The summed E-state index contributed by atoms with van der Waals surface area (Å²) in [6.07, 6.45) is 2.82. The number of rotatable bonds is 5. The zero-order chi connectivity index (χ0) is 12.3. The number of thiophene rings is 1. The van der Waals surface area contributed by atoms with Crippen molar-refractivity contribution in [3.05, 3.63) is 39.3 Å². The third-order valence-electron chi connectivity index (χ3n) is 2.84. The average Bonchev–Trinajstić information content (AvgIpc) is 2.88. The van der Waals surface area contributed by atoms with Gasteiger partial charge in [0.15, 0.2) is 0 Å². The first kappa shape index (κ1) is 12.6. The van der Waals surface area contributed by atoms with E-state index in [1.165, 1.54) is 11.3 Å². The van der Waals surface area contributed by atoms with Gasteiger partial charge in [-0.25, -0.2) is 0 Å². The molecule has 0 radical (unpaired) electrons. The summed E-state index contributed by atoms with van der Waals surface area (Å²) in [6, 6.07) is 4.41. The molecule has 0 spiro atoms. The van der Waals surface area contributed by atoms with Gasteiger partial charge in [-0.3, -0.25) is 4.68 Å². The Morgan fingerprint density at radius 2 is 2.41 bits per heavy atom. The smallest absolute Gasteiger partial charge is 0.0931 e. The Kier molecular flexibility index (Phi) is 4.20. The Labute approximate surface area is 110 Å². The van der Waals surface area contributed by atoms with Gasteiger partial charge in [0.05, 0.1) is 4.34 Å². The highest BCUT2D eigenvalue weighted by Crippen LogP contribution is 2.24. The maximum Gasteiger partial charge on any atom is 0.0931 e. The summed E-state index contributed by atoms with van der Waals surface area (Å²) in [6.45, 7) is 3.09. The molecule has 1 N–H and O–H groups in total. The van der Waals surface area contributed by atoms with Crippen molar-refractivity contribution < 1.29 is 0 Å². The molecule has 92 valence electrons. The molecule has 1 atom stereocenters. The summed E-state index contributed by atoms with van der Waals surface area (Å²) < 4.78 is 2.76. The van der Waals surface area contributed by atoms with Gasteiger partial charge in [0, 0.05) is 37.9 Å². The molecule has 0 aromatic carbocycles. The summed E-state index contributed by atoms with van der Waals surface area (Å²) in [5, 5.41) is 9.73. The van der Waals surface area contributed by atoms with Gasteiger partial charge in [0.25, 0.3) is 0 Å². The van der Waals surface area contributed by atoms with Crippen LogP contribution >= 0.6 is 22.9 Å². The summed E-state index contributed by atoms with van der Waals surface area (Å²) in [7, 11) is 1.97. The lowest BCUT2D eigenvalue weighted by Crippen LogP contribution is -2.21. The van der Waals surface area contributed by atoms with Crippen LogP contribution in [-0.2, 0) is 13.5 Å². The van der Waals surface area contributed by atoms with Crippen molar-refractivity contribution >= 4 is 22.9 Å². The maximum absolute atomic E-state index is 5.92. The minimum atomic E-state index is 0.340. The van der Waals surface area contributed by atoms with E-state index in [-0.39, 0.29) is 0 Å². The Morgan fingerprint density at radius 1 is 1.59 bits per heavy atom. The number of halogens is 1. The average molecular weight is 270 g/mol. The van der Waals surface area contributed by atoms with Crippen molar-refractivity contribution in [1.82, 2.24) is 15.1 Å². The Balaban J connectivity index is 1.81. The lowest BCUT2D eigenvalue weighted by molar-refractivity contribution is 0.565. The van der Waals surface area contributed by atoms with Crippen molar-refractivity contribution in [2.45, 2.75) is 19.4 Å². The first-order valence-electron chi connectivity index (χ1n) is 5.61. The third kappa shape index (κ3) is 3.31. The highest BCUT2D eigenvalue weighted by Gasteiger charge is 2.07. The molecule has 0 bridgehead atoms. The molecular formula is C12H16ClN3S. The molecule has 0 aliphatic carbocycles. The number of hydrogen-bond donors (Lipinski definition) is 1. The van der Waals surface area contributed by atoms with Crippen LogP contribution in [0.1, 0.15) is 24.2 Å². The highest BCUT2D eigenvalue weighted by atomic mass is 35.5. The lowest BCUT2D eigenvalue weighted by atomic mass is 10.2. The zero-order valence-corrected chi connectivity index (χ0v) is 11.6. The summed E-state index contributed by atoms with van der Waals surface area (Å²) >= 11 is 7.50. The molecule has 2 heterocycles. The van der Waals surface area contributed by atoms with Crippen LogP contribution < -0.4 is 5.32 Å². The van der Waals surface area contributed by atoms with Gasteiger partial charge in [-0.1, -0.05) is 11.6 Å². The van der Waals surface area contributed by atoms with Crippen LogP contribution in [0.15, 0.2) is 23.7 Å². The van der Waals surface area contributed by atoms with Crippen molar-refractivity contribution in [1.29, 1.82) is 0 Å². The molecule has 0 saturated heterocycles. The van der Waals surface area contributed by atoms with E-state index in [2.05, 4.69) is 22.7 Å². The zero-order valence-electron chi connectivity index (χ0n) is 9.98. The molecule has 0 amide bonds. The standard InChI is InChI=1S/C12H16ClN3S/c1-9(10-7-12(13)17-8-10)14-5-3-11-4-6-15-16(11)2/h4,6-9,14H,3,5H2,1-2H3. The van der Waals surface area contributed by atoms with Gasteiger partial charge in [0.2, 0.25) is 0 Å². The number of aryl methyl sites for hydroxylation is 1. The summed E-state index contributed by atoms with van der Waals surface area (Å²) in [5.41, 5.74) is 2.50. The van der Waals surface area contributed by atoms with Gasteiger partial charge in [0.1, 0.15) is 0 Å². The molecule has 3 nitrogen and oxygen atoms in total. The number of nitrogens with zero attached hydrogens (tertiary/aromatic N) is 2. The van der Waals surface area contributed by atoms with Crippen molar-refractivity contribution in [3.63, 3.8) is 0 Å². The molecule has 17 heavy (non-hydrogen) atoms. The molecule has 2 rings (SSSR count). The molecule has 0 aliphatic rings. The van der Waals surface area contributed by atoms with Crippen LogP contribution in [0, 0.1) is 0 Å². The second kappa shape index (κ2) is 5.67. The molecule has 0 aliphatic heterocycles.